The maximum atomic E-state index is 5.87. The zero-order valence-corrected chi connectivity index (χ0v) is 11.2. The zero-order valence-electron chi connectivity index (χ0n) is 11.2. The van der Waals surface area contributed by atoms with Crippen molar-refractivity contribution in [1.29, 1.82) is 0 Å². The molecule has 1 saturated heterocycles. The van der Waals surface area contributed by atoms with E-state index in [1.807, 2.05) is 25.1 Å². The largest absolute Gasteiger partial charge is 0.492 e. The maximum absolute atomic E-state index is 5.87. The van der Waals surface area contributed by atoms with Crippen LogP contribution in [-0.4, -0.2) is 32.9 Å². The number of nitrogens with two attached hydrogens (primary N) is 1. The van der Waals surface area contributed by atoms with Crippen molar-refractivity contribution in [2.75, 3.05) is 37.4 Å². The summed E-state index contributed by atoms with van der Waals surface area (Å²) < 4.78 is 11.2. The van der Waals surface area contributed by atoms with E-state index < -0.39 is 0 Å². The average molecular weight is 250 g/mol. The van der Waals surface area contributed by atoms with E-state index in [0.717, 1.165) is 31.0 Å². The van der Waals surface area contributed by atoms with Crippen LogP contribution in [0.2, 0.25) is 0 Å². The van der Waals surface area contributed by atoms with Gasteiger partial charge in [-0.05, 0) is 31.9 Å². The van der Waals surface area contributed by atoms with Crippen molar-refractivity contribution in [2.24, 2.45) is 0 Å². The number of nitrogen functional groups attached to an aromatic ring is 1. The second-order valence-corrected chi connectivity index (χ2v) is 4.67. The van der Waals surface area contributed by atoms with Gasteiger partial charge in [0.15, 0.2) is 0 Å². The van der Waals surface area contributed by atoms with E-state index in [0.29, 0.717) is 18.4 Å². The first-order chi connectivity index (χ1) is 8.70. The third kappa shape index (κ3) is 3.07. The number of likely N-dealkylation sites (N-methyl/N-ethyl adjacent to an activating group) is 1. The first-order valence-electron chi connectivity index (χ1n) is 6.55. The second-order valence-electron chi connectivity index (χ2n) is 4.67. The van der Waals surface area contributed by atoms with Gasteiger partial charge in [0.25, 0.3) is 0 Å². The molecule has 0 aliphatic carbocycles. The van der Waals surface area contributed by atoms with E-state index in [9.17, 15) is 0 Å². The standard InChI is InChI=1S/C14H22N2O2/c1-3-17-14-9-11(6-7-13(14)15)16(2)10-12-5-4-8-18-12/h6-7,9,12H,3-5,8,10,15H2,1-2H3. The van der Waals surface area contributed by atoms with Gasteiger partial charge >= 0.3 is 0 Å². The lowest BCUT2D eigenvalue weighted by Crippen LogP contribution is -2.28. The van der Waals surface area contributed by atoms with Crippen molar-refractivity contribution in [3.05, 3.63) is 18.2 Å². The van der Waals surface area contributed by atoms with Gasteiger partial charge in [-0.1, -0.05) is 0 Å². The van der Waals surface area contributed by atoms with Gasteiger partial charge in [0.1, 0.15) is 5.75 Å². The normalized spacial score (nSPS) is 18.9. The Hall–Kier alpha value is -1.42. The molecule has 0 bridgehead atoms. The van der Waals surface area contributed by atoms with E-state index in [-0.39, 0.29) is 0 Å². The van der Waals surface area contributed by atoms with Gasteiger partial charge in [0.2, 0.25) is 0 Å². The second kappa shape index (κ2) is 5.96. The number of benzene rings is 1. The Morgan fingerprint density at radius 3 is 3.00 bits per heavy atom. The van der Waals surface area contributed by atoms with Crippen LogP contribution in [0.4, 0.5) is 11.4 Å². The molecule has 4 heteroatoms. The summed E-state index contributed by atoms with van der Waals surface area (Å²) in [6.07, 6.45) is 2.67. The number of anilines is 2. The van der Waals surface area contributed by atoms with Crippen molar-refractivity contribution in [1.82, 2.24) is 0 Å². The Balaban J connectivity index is 2.04. The van der Waals surface area contributed by atoms with Crippen LogP contribution in [0.3, 0.4) is 0 Å². The Morgan fingerprint density at radius 1 is 1.50 bits per heavy atom. The molecule has 0 radical (unpaired) electrons. The lowest BCUT2D eigenvalue weighted by Gasteiger charge is -2.23. The average Bonchev–Trinajstić information content (AvgIpc) is 2.85. The van der Waals surface area contributed by atoms with E-state index in [4.69, 9.17) is 15.2 Å². The minimum atomic E-state index is 0.350. The fourth-order valence-electron chi connectivity index (χ4n) is 2.24. The Labute approximate surface area is 109 Å². The van der Waals surface area contributed by atoms with Gasteiger partial charge in [-0.3, -0.25) is 0 Å². The van der Waals surface area contributed by atoms with Crippen LogP contribution in [0.5, 0.6) is 5.75 Å². The fraction of sp³-hybridized carbons (Fsp3) is 0.571. The molecule has 1 fully saturated rings. The first kappa shape index (κ1) is 13.0. The molecule has 1 aliphatic rings. The highest BCUT2D eigenvalue weighted by atomic mass is 16.5. The molecule has 100 valence electrons. The van der Waals surface area contributed by atoms with E-state index in [2.05, 4.69) is 11.9 Å². The summed E-state index contributed by atoms with van der Waals surface area (Å²) in [5.74, 6) is 0.759. The van der Waals surface area contributed by atoms with Crippen molar-refractivity contribution in [2.45, 2.75) is 25.9 Å². The fourth-order valence-corrected chi connectivity index (χ4v) is 2.24. The molecule has 0 spiro atoms. The Kier molecular flexibility index (Phi) is 4.31. The highest BCUT2D eigenvalue weighted by Gasteiger charge is 2.18. The van der Waals surface area contributed by atoms with Gasteiger partial charge in [0.05, 0.1) is 18.4 Å². The van der Waals surface area contributed by atoms with Crippen molar-refractivity contribution >= 4 is 11.4 Å². The van der Waals surface area contributed by atoms with Crippen LogP contribution in [0.1, 0.15) is 19.8 Å². The molecule has 0 amide bonds. The van der Waals surface area contributed by atoms with Crippen LogP contribution in [0.15, 0.2) is 18.2 Å². The predicted molar refractivity (Wildman–Crippen MR) is 74.3 cm³/mol. The Bertz CT molecular complexity index is 389. The number of hydrogen-bond donors (Lipinski definition) is 1. The zero-order chi connectivity index (χ0) is 13.0. The monoisotopic (exact) mass is 250 g/mol. The topological polar surface area (TPSA) is 47.7 Å². The van der Waals surface area contributed by atoms with E-state index in [1.54, 1.807) is 0 Å². The molecule has 1 atom stereocenters. The molecule has 1 aromatic carbocycles. The van der Waals surface area contributed by atoms with Crippen LogP contribution in [0, 0.1) is 0 Å². The van der Waals surface area contributed by atoms with Gasteiger partial charge in [-0.2, -0.15) is 0 Å². The lowest BCUT2D eigenvalue weighted by molar-refractivity contribution is 0.116. The lowest BCUT2D eigenvalue weighted by atomic mass is 10.2. The molecule has 1 unspecified atom stereocenters. The number of nitrogens with zero attached hydrogens (tertiary/aromatic N) is 1. The molecule has 18 heavy (non-hydrogen) atoms. The van der Waals surface area contributed by atoms with Crippen LogP contribution in [0.25, 0.3) is 0 Å². The number of ether oxygens (including phenoxy) is 2. The van der Waals surface area contributed by atoms with Crippen molar-refractivity contribution in [3.63, 3.8) is 0 Å². The Morgan fingerprint density at radius 2 is 2.33 bits per heavy atom. The van der Waals surface area contributed by atoms with Crippen molar-refractivity contribution in [3.8, 4) is 5.75 Å². The summed E-state index contributed by atoms with van der Waals surface area (Å²) in [5, 5.41) is 0. The molecule has 2 rings (SSSR count). The molecule has 0 aromatic heterocycles. The smallest absolute Gasteiger partial charge is 0.144 e. The number of hydrogen-bond acceptors (Lipinski definition) is 4. The van der Waals surface area contributed by atoms with Crippen LogP contribution >= 0.6 is 0 Å². The number of rotatable bonds is 5. The summed E-state index contributed by atoms with van der Waals surface area (Å²) in [4.78, 5) is 2.19. The molecular weight excluding hydrogens is 228 g/mol. The van der Waals surface area contributed by atoms with Crippen molar-refractivity contribution < 1.29 is 9.47 Å². The molecular formula is C14H22N2O2. The van der Waals surface area contributed by atoms with Gasteiger partial charge < -0.3 is 20.1 Å². The SMILES string of the molecule is CCOc1cc(N(C)CC2CCCO2)ccc1N. The predicted octanol–water partition coefficient (Wildman–Crippen LogP) is 2.28. The summed E-state index contributed by atoms with van der Waals surface area (Å²) in [5.41, 5.74) is 7.67. The summed E-state index contributed by atoms with van der Waals surface area (Å²) in [7, 11) is 2.07. The first-order valence-corrected chi connectivity index (χ1v) is 6.55. The van der Waals surface area contributed by atoms with E-state index in [1.165, 1.54) is 6.42 Å². The highest BCUT2D eigenvalue weighted by Crippen LogP contribution is 2.28. The van der Waals surface area contributed by atoms with Gasteiger partial charge in [-0.15, -0.1) is 0 Å². The summed E-state index contributed by atoms with van der Waals surface area (Å²) in [6, 6.07) is 5.91. The quantitative estimate of drug-likeness (QED) is 0.814. The van der Waals surface area contributed by atoms with Gasteiger partial charge in [0, 0.05) is 32.0 Å². The molecule has 0 saturated carbocycles. The highest BCUT2D eigenvalue weighted by molar-refractivity contribution is 5.62. The molecule has 1 aliphatic heterocycles. The molecule has 1 heterocycles. The van der Waals surface area contributed by atoms with Crippen LogP contribution in [-0.2, 0) is 4.74 Å². The van der Waals surface area contributed by atoms with Gasteiger partial charge in [-0.25, -0.2) is 0 Å². The van der Waals surface area contributed by atoms with E-state index >= 15 is 0 Å². The maximum Gasteiger partial charge on any atom is 0.144 e. The molecule has 4 nitrogen and oxygen atoms in total. The third-order valence-corrected chi connectivity index (χ3v) is 3.24. The van der Waals surface area contributed by atoms with Crippen LogP contribution < -0.4 is 15.4 Å². The molecule has 1 aromatic rings. The summed E-state index contributed by atoms with van der Waals surface area (Å²) >= 11 is 0. The minimum absolute atomic E-state index is 0.350. The summed E-state index contributed by atoms with van der Waals surface area (Å²) in [6.45, 7) is 4.39. The third-order valence-electron chi connectivity index (χ3n) is 3.24. The minimum Gasteiger partial charge on any atom is -0.492 e. The molecule has 2 N–H and O–H groups in total.